The molecule has 122 valence electrons. The van der Waals surface area contributed by atoms with Crippen molar-refractivity contribution in [1.29, 1.82) is 0 Å². The predicted octanol–water partition coefficient (Wildman–Crippen LogP) is 2.37. The number of ether oxygens (including phenoxy) is 1. The molecule has 0 aliphatic carbocycles. The van der Waals surface area contributed by atoms with Gasteiger partial charge >= 0.3 is 0 Å². The van der Waals surface area contributed by atoms with Crippen molar-refractivity contribution in [1.82, 2.24) is 4.90 Å². The van der Waals surface area contributed by atoms with E-state index in [-0.39, 0.29) is 10.4 Å². The minimum Gasteiger partial charge on any atom is -0.492 e. The van der Waals surface area contributed by atoms with Crippen LogP contribution in [0.1, 0.15) is 12.8 Å². The molecule has 4 nitrogen and oxygen atoms in total. The molecule has 22 heavy (non-hydrogen) atoms. The molecule has 1 aromatic rings. The third-order valence-electron chi connectivity index (χ3n) is 4.54. The van der Waals surface area contributed by atoms with E-state index in [4.69, 9.17) is 16.3 Å². The van der Waals surface area contributed by atoms with Crippen LogP contribution in [-0.2, 0) is 9.84 Å². The molecule has 0 N–H and O–H groups in total. The van der Waals surface area contributed by atoms with E-state index in [9.17, 15) is 12.8 Å². The Kier molecular flexibility index (Phi) is 4.36. The standard InChI is InChI=1S/C15H19ClFNO3S/c16-13-2-1-12(9-14(13)17)21-8-7-18-5-3-15(4-6-18)10-22(19,20)11-15/h1-2,9H,3-8,10-11H2. The van der Waals surface area contributed by atoms with E-state index < -0.39 is 15.7 Å². The quantitative estimate of drug-likeness (QED) is 0.839. The van der Waals surface area contributed by atoms with Crippen molar-refractivity contribution < 1.29 is 17.5 Å². The number of sulfone groups is 1. The first-order valence-electron chi connectivity index (χ1n) is 7.38. The SMILES string of the molecule is O=S1(=O)CC2(CCN(CCOc3ccc(Cl)c(F)c3)CC2)C1. The molecular weight excluding hydrogens is 329 g/mol. The molecule has 2 aliphatic heterocycles. The highest BCUT2D eigenvalue weighted by molar-refractivity contribution is 7.92. The van der Waals surface area contributed by atoms with Gasteiger partial charge in [0.25, 0.3) is 0 Å². The van der Waals surface area contributed by atoms with Crippen molar-refractivity contribution in [2.45, 2.75) is 12.8 Å². The van der Waals surface area contributed by atoms with Gasteiger partial charge in [-0.2, -0.15) is 0 Å². The smallest absolute Gasteiger partial charge is 0.151 e. The van der Waals surface area contributed by atoms with Gasteiger partial charge in [0, 0.05) is 18.0 Å². The molecule has 0 aromatic heterocycles. The largest absolute Gasteiger partial charge is 0.492 e. The monoisotopic (exact) mass is 347 g/mol. The lowest BCUT2D eigenvalue weighted by atomic mass is 9.81. The molecule has 0 unspecified atom stereocenters. The Morgan fingerprint density at radius 1 is 1.27 bits per heavy atom. The van der Waals surface area contributed by atoms with Gasteiger partial charge < -0.3 is 4.74 Å². The average molecular weight is 348 g/mol. The van der Waals surface area contributed by atoms with Gasteiger partial charge in [-0.15, -0.1) is 0 Å². The Morgan fingerprint density at radius 2 is 1.95 bits per heavy atom. The van der Waals surface area contributed by atoms with Gasteiger partial charge in [0.15, 0.2) is 9.84 Å². The fourth-order valence-corrected chi connectivity index (χ4v) is 5.77. The summed E-state index contributed by atoms with van der Waals surface area (Å²) in [5, 5.41) is 0.0872. The van der Waals surface area contributed by atoms with Crippen molar-refractivity contribution in [3.05, 3.63) is 29.0 Å². The zero-order valence-corrected chi connectivity index (χ0v) is 13.8. The number of likely N-dealkylation sites (tertiary alicyclic amines) is 1. The Morgan fingerprint density at radius 3 is 2.55 bits per heavy atom. The first-order chi connectivity index (χ1) is 10.4. The highest BCUT2D eigenvalue weighted by Gasteiger charge is 2.49. The number of hydrogen-bond acceptors (Lipinski definition) is 4. The molecule has 3 rings (SSSR count). The van der Waals surface area contributed by atoms with Crippen LogP contribution >= 0.6 is 11.6 Å². The first kappa shape index (κ1) is 16.0. The number of hydrogen-bond donors (Lipinski definition) is 0. The third-order valence-corrected chi connectivity index (χ3v) is 6.95. The third kappa shape index (κ3) is 3.55. The maximum absolute atomic E-state index is 13.3. The minimum absolute atomic E-state index is 0.0372. The number of benzene rings is 1. The van der Waals surface area contributed by atoms with E-state index >= 15 is 0 Å². The topological polar surface area (TPSA) is 46.6 Å². The van der Waals surface area contributed by atoms with Crippen LogP contribution in [0.4, 0.5) is 4.39 Å². The lowest BCUT2D eigenvalue weighted by Gasteiger charge is -2.47. The lowest BCUT2D eigenvalue weighted by molar-refractivity contribution is 0.110. The Hall–Kier alpha value is -0.850. The fourth-order valence-electron chi connectivity index (χ4n) is 3.29. The molecule has 0 saturated carbocycles. The predicted molar refractivity (Wildman–Crippen MR) is 83.7 cm³/mol. The van der Waals surface area contributed by atoms with Gasteiger partial charge in [-0.3, -0.25) is 4.90 Å². The molecule has 0 atom stereocenters. The molecule has 1 aromatic carbocycles. The van der Waals surface area contributed by atoms with Crippen molar-refractivity contribution in [2.24, 2.45) is 5.41 Å². The summed E-state index contributed by atoms with van der Waals surface area (Å²) in [7, 11) is -2.76. The van der Waals surface area contributed by atoms with E-state index in [0.29, 0.717) is 23.9 Å². The van der Waals surface area contributed by atoms with Crippen LogP contribution in [0.3, 0.4) is 0 Å². The molecular formula is C15H19ClFNO3S. The van der Waals surface area contributed by atoms with E-state index in [1.165, 1.54) is 12.1 Å². The second-order valence-corrected chi connectivity index (χ2v) is 8.77. The van der Waals surface area contributed by atoms with Crippen LogP contribution < -0.4 is 4.74 Å². The van der Waals surface area contributed by atoms with Gasteiger partial charge in [0.2, 0.25) is 0 Å². The summed E-state index contributed by atoms with van der Waals surface area (Å²) in [5.41, 5.74) is 0.0372. The number of rotatable bonds is 4. The maximum Gasteiger partial charge on any atom is 0.151 e. The summed E-state index contributed by atoms with van der Waals surface area (Å²) < 4.78 is 41.5. The zero-order chi connectivity index (χ0) is 15.8. The van der Waals surface area contributed by atoms with Gasteiger partial charge in [-0.05, 0) is 38.1 Å². The van der Waals surface area contributed by atoms with Gasteiger partial charge in [0.05, 0.1) is 16.5 Å². The first-order valence-corrected chi connectivity index (χ1v) is 9.58. The molecule has 0 bridgehead atoms. The summed E-state index contributed by atoms with van der Waals surface area (Å²) >= 11 is 5.62. The Labute approximate surface area is 135 Å². The van der Waals surface area contributed by atoms with Crippen LogP contribution in [0.5, 0.6) is 5.75 Å². The molecule has 2 heterocycles. The van der Waals surface area contributed by atoms with E-state index in [1.807, 2.05) is 0 Å². The molecule has 0 radical (unpaired) electrons. The van der Waals surface area contributed by atoms with Crippen LogP contribution in [0.25, 0.3) is 0 Å². The van der Waals surface area contributed by atoms with E-state index in [0.717, 1.165) is 32.5 Å². The minimum atomic E-state index is -2.76. The molecule has 1 spiro atoms. The van der Waals surface area contributed by atoms with Crippen molar-refractivity contribution in [2.75, 3.05) is 37.7 Å². The number of piperidine rings is 1. The second kappa shape index (κ2) is 5.98. The maximum atomic E-state index is 13.3. The van der Waals surface area contributed by atoms with Crippen LogP contribution in [0.2, 0.25) is 5.02 Å². The summed E-state index contributed by atoms with van der Waals surface area (Å²) in [6, 6.07) is 4.41. The van der Waals surface area contributed by atoms with Crippen molar-refractivity contribution >= 4 is 21.4 Å². The molecule has 2 fully saturated rings. The Balaban J connectivity index is 1.41. The van der Waals surface area contributed by atoms with Crippen LogP contribution in [0.15, 0.2) is 18.2 Å². The highest BCUT2D eigenvalue weighted by atomic mass is 35.5. The molecule has 2 saturated heterocycles. The molecule has 0 amide bonds. The van der Waals surface area contributed by atoms with Gasteiger partial charge in [-0.1, -0.05) is 11.6 Å². The van der Waals surface area contributed by atoms with Crippen LogP contribution in [-0.4, -0.2) is 51.1 Å². The summed E-state index contributed by atoms with van der Waals surface area (Å²) in [5.74, 6) is 0.703. The highest BCUT2D eigenvalue weighted by Crippen LogP contribution is 2.42. The average Bonchev–Trinajstić information content (AvgIpc) is 2.43. The zero-order valence-electron chi connectivity index (χ0n) is 12.2. The molecule has 7 heteroatoms. The normalized spacial score (nSPS) is 23.2. The van der Waals surface area contributed by atoms with E-state index in [1.54, 1.807) is 6.07 Å². The molecule has 2 aliphatic rings. The van der Waals surface area contributed by atoms with Crippen LogP contribution in [0, 0.1) is 11.2 Å². The van der Waals surface area contributed by atoms with Gasteiger partial charge in [-0.25, -0.2) is 12.8 Å². The van der Waals surface area contributed by atoms with Crippen molar-refractivity contribution in [3.8, 4) is 5.75 Å². The van der Waals surface area contributed by atoms with E-state index in [2.05, 4.69) is 4.90 Å². The number of nitrogens with zero attached hydrogens (tertiary/aromatic N) is 1. The summed E-state index contributed by atoms with van der Waals surface area (Å²) in [6.07, 6.45) is 1.86. The lowest BCUT2D eigenvalue weighted by Crippen LogP contribution is -2.54. The summed E-state index contributed by atoms with van der Waals surface area (Å²) in [4.78, 5) is 2.27. The fraction of sp³-hybridized carbons (Fsp3) is 0.600. The van der Waals surface area contributed by atoms with Crippen molar-refractivity contribution in [3.63, 3.8) is 0 Å². The van der Waals surface area contributed by atoms with Gasteiger partial charge in [0.1, 0.15) is 18.2 Å². The number of halogens is 2. The second-order valence-electron chi connectivity index (χ2n) is 6.30. The Bertz CT molecular complexity index is 643. The summed E-state index contributed by atoms with van der Waals surface area (Å²) in [6.45, 7) is 3.03.